The zero-order valence-electron chi connectivity index (χ0n) is 24.6. The van der Waals surface area contributed by atoms with Crippen molar-refractivity contribution < 1.29 is 23.8 Å². The monoisotopic (exact) mass is 584 g/mol. The summed E-state index contributed by atoms with van der Waals surface area (Å²) in [5, 5.41) is 5.71. The van der Waals surface area contributed by atoms with E-state index >= 15 is 0 Å². The van der Waals surface area contributed by atoms with E-state index in [-0.39, 0.29) is 29.8 Å². The first-order chi connectivity index (χ1) is 19.5. The standard InChI is InChI=1S/C30H40N4O6S/c1-16-11-25(41-6)23(29(37)32-16)13-31-28(36)22-12-24(33-18(3)35)27-26(17(22)2)39-30(4,40-27)19-7-9-20(10-8-19)34-14-21(15-34)38-5/h11-12,19-21H,7-10,13-15H2,1-6H3,(H,31,36)(H,32,37)(H,33,35). The number of pyridine rings is 1. The topological polar surface area (TPSA) is 122 Å². The lowest BCUT2D eigenvalue weighted by Gasteiger charge is -2.47. The van der Waals surface area contributed by atoms with Crippen LogP contribution in [0.2, 0.25) is 0 Å². The van der Waals surface area contributed by atoms with Gasteiger partial charge in [0, 0.05) is 79.8 Å². The minimum atomic E-state index is -0.910. The fraction of sp³-hybridized carbons (Fsp3) is 0.567. The Hall–Kier alpha value is -3.02. The minimum absolute atomic E-state index is 0.0665. The molecule has 11 heteroatoms. The van der Waals surface area contributed by atoms with Crippen molar-refractivity contribution in [2.24, 2.45) is 5.92 Å². The van der Waals surface area contributed by atoms with Gasteiger partial charge >= 0.3 is 0 Å². The second kappa shape index (κ2) is 11.7. The molecule has 3 aliphatic rings. The first-order valence-corrected chi connectivity index (χ1v) is 15.4. The third-order valence-corrected chi connectivity index (χ3v) is 9.49. The number of ether oxygens (including phenoxy) is 3. The summed E-state index contributed by atoms with van der Waals surface area (Å²) in [6.45, 7) is 9.06. The van der Waals surface area contributed by atoms with E-state index in [0.717, 1.165) is 49.4 Å². The third-order valence-electron chi connectivity index (χ3n) is 8.69. The van der Waals surface area contributed by atoms with Crippen LogP contribution in [0.3, 0.4) is 0 Å². The maximum Gasteiger partial charge on any atom is 0.254 e. The summed E-state index contributed by atoms with van der Waals surface area (Å²) >= 11 is 1.46. The SMILES string of the molecule is COC1CN(C2CCC(C3(C)Oc4c(NC(C)=O)cc(C(=O)NCc5c(SC)cc(C)[nH]c5=O)c(C)c4O3)CC2)C1. The Morgan fingerprint density at radius 3 is 2.46 bits per heavy atom. The molecule has 1 saturated carbocycles. The van der Waals surface area contributed by atoms with Crippen molar-refractivity contribution in [3.05, 3.63) is 44.9 Å². The van der Waals surface area contributed by atoms with E-state index in [1.807, 2.05) is 33.1 Å². The van der Waals surface area contributed by atoms with E-state index in [4.69, 9.17) is 14.2 Å². The number of fused-ring (bicyclic) bond motifs is 1. The van der Waals surface area contributed by atoms with Crippen molar-refractivity contribution in [3.63, 3.8) is 0 Å². The number of hydrogen-bond donors (Lipinski definition) is 3. The van der Waals surface area contributed by atoms with Crippen LogP contribution in [0.15, 0.2) is 21.8 Å². The fourth-order valence-corrected chi connectivity index (χ4v) is 6.96. The first-order valence-electron chi connectivity index (χ1n) is 14.2. The van der Waals surface area contributed by atoms with Gasteiger partial charge in [-0.15, -0.1) is 11.8 Å². The lowest BCUT2D eigenvalue weighted by Crippen LogP contribution is -2.57. The van der Waals surface area contributed by atoms with Gasteiger partial charge in [0.15, 0.2) is 11.5 Å². The van der Waals surface area contributed by atoms with Crippen LogP contribution in [-0.2, 0) is 16.1 Å². The summed E-state index contributed by atoms with van der Waals surface area (Å²) in [5.41, 5.74) is 2.40. The zero-order valence-corrected chi connectivity index (χ0v) is 25.5. The predicted octanol–water partition coefficient (Wildman–Crippen LogP) is 3.98. The number of aromatic nitrogens is 1. The number of aromatic amines is 1. The largest absolute Gasteiger partial charge is 0.448 e. The van der Waals surface area contributed by atoms with Crippen molar-refractivity contribution >= 4 is 29.3 Å². The molecule has 1 saturated heterocycles. The molecule has 222 valence electrons. The van der Waals surface area contributed by atoms with Crippen LogP contribution in [0.25, 0.3) is 0 Å². The molecule has 0 radical (unpaired) electrons. The summed E-state index contributed by atoms with van der Waals surface area (Å²) < 4.78 is 18.5. The first kappa shape index (κ1) is 29.5. The summed E-state index contributed by atoms with van der Waals surface area (Å²) in [7, 11) is 1.77. The lowest BCUT2D eigenvalue weighted by molar-refractivity contribution is -0.130. The van der Waals surface area contributed by atoms with Crippen LogP contribution in [-0.4, -0.2) is 66.1 Å². The van der Waals surface area contributed by atoms with Crippen molar-refractivity contribution in [1.29, 1.82) is 0 Å². The second-order valence-electron chi connectivity index (χ2n) is 11.5. The molecule has 41 heavy (non-hydrogen) atoms. The zero-order chi connectivity index (χ0) is 29.5. The smallest absolute Gasteiger partial charge is 0.254 e. The van der Waals surface area contributed by atoms with E-state index in [9.17, 15) is 14.4 Å². The number of rotatable bonds is 8. The van der Waals surface area contributed by atoms with Crippen molar-refractivity contribution in [3.8, 4) is 11.5 Å². The van der Waals surface area contributed by atoms with Gasteiger partial charge in [0.1, 0.15) is 0 Å². The number of carbonyl (C=O) groups is 2. The van der Waals surface area contributed by atoms with Crippen molar-refractivity contribution in [2.75, 3.05) is 31.8 Å². The van der Waals surface area contributed by atoms with Gasteiger partial charge in [0.25, 0.3) is 17.3 Å². The van der Waals surface area contributed by atoms with Crippen LogP contribution in [0.4, 0.5) is 5.69 Å². The van der Waals surface area contributed by atoms with Crippen molar-refractivity contribution in [2.45, 2.75) is 82.8 Å². The van der Waals surface area contributed by atoms with E-state index < -0.39 is 5.79 Å². The van der Waals surface area contributed by atoms with Gasteiger partial charge in [-0.3, -0.25) is 19.3 Å². The number of amides is 2. The number of thioether (sulfide) groups is 1. The van der Waals surface area contributed by atoms with Crippen LogP contribution >= 0.6 is 11.8 Å². The molecule has 1 unspecified atom stereocenters. The molecule has 1 aromatic heterocycles. The van der Waals surface area contributed by atoms with E-state index in [1.165, 1.54) is 18.7 Å². The highest BCUT2D eigenvalue weighted by atomic mass is 32.2. The predicted molar refractivity (Wildman–Crippen MR) is 158 cm³/mol. The molecule has 2 aromatic rings. The molecule has 3 heterocycles. The molecule has 10 nitrogen and oxygen atoms in total. The Morgan fingerprint density at radius 1 is 1.15 bits per heavy atom. The number of H-pyrrole nitrogens is 1. The summed E-state index contributed by atoms with van der Waals surface area (Å²) in [4.78, 5) is 44.2. The van der Waals surface area contributed by atoms with Gasteiger partial charge in [0.2, 0.25) is 5.91 Å². The van der Waals surface area contributed by atoms with Crippen molar-refractivity contribution in [1.82, 2.24) is 15.2 Å². The van der Waals surface area contributed by atoms with E-state index in [1.54, 1.807) is 13.2 Å². The van der Waals surface area contributed by atoms with E-state index in [2.05, 4.69) is 20.5 Å². The number of nitrogens with one attached hydrogen (secondary N) is 3. The molecule has 2 fully saturated rings. The molecule has 1 aliphatic carbocycles. The molecule has 1 atom stereocenters. The van der Waals surface area contributed by atoms with Gasteiger partial charge in [-0.25, -0.2) is 0 Å². The Morgan fingerprint density at radius 2 is 1.83 bits per heavy atom. The number of carbonyl (C=O) groups excluding carboxylic acids is 2. The van der Waals surface area contributed by atoms with Gasteiger partial charge in [-0.1, -0.05) is 0 Å². The Kier molecular flexibility index (Phi) is 8.41. The van der Waals surface area contributed by atoms with Crippen LogP contribution in [0.1, 0.15) is 66.7 Å². The van der Waals surface area contributed by atoms with E-state index in [0.29, 0.717) is 46.0 Å². The number of anilines is 1. The third kappa shape index (κ3) is 5.85. The van der Waals surface area contributed by atoms with Crippen LogP contribution in [0.5, 0.6) is 11.5 Å². The molecule has 5 rings (SSSR count). The Labute approximate surface area is 244 Å². The van der Waals surface area contributed by atoms with Crippen LogP contribution in [0, 0.1) is 19.8 Å². The van der Waals surface area contributed by atoms with Gasteiger partial charge in [0.05, 0.1) is 11.8 Å². The maximum absolute atomic E-state index is 13.4. The highest BCUT2D eigenvalue weighted by Crippen LogP contribution is 2.52. The van der Waals surface area contributed by atoms with Gasteiger partial charge < -0.3 is 29.8 Å². The Bertz CT molecular complexity index is 1400. The van der Waals surface area contributed by atoms with Gasteiger partial charge in [-0.05, 0) is 57.9 Å². The maximum atomic E-state index is 13.4. The summed E-state index contributed by atoms with van der Waals surface area (Å²) in [6.07, 6.45) is 6.25. The molecule has 1 aromatic carbocycles. The number of nitrogens with zero attached hydrogens (tertiary/aromatic N) is 1. The van der Waals surface area contributed by atoms with Crippen LogP contribution < -0.4 is 25.7 Å². The molecular weight excluding hydrogens is 544 g/mol. The highest BCUT2D eigenvalue weighted by Gasteiger charge is 2.48. The summed E-state index contributed by atoms with van der Waals surface area (Å²) in [6, 6.07) is 4.06. The number of methoxy groups -OCH3 is 1. The normalized spacial score (nSPS) is 24.1. The number of likely N-dealkylation sites (tertiary alicyclic amines) is 1. The number of aryl methyl sites for hydroxylation is 1. The minimum Gasteiger partial charge on any atom is -0.448 e. The molecule has 2 amide bonds. The number of benzene rings is 1. The fourth-order valence-electron chi connectivity index (χ4n) is 6.25. The quantitative estimate of drug-likeness (QED) is 0.399. The lowest BCUT2D eigenvalue weighted by atomic mass is 9.80. The summed E-state index contributed by atoms with van der Waals surface area (Å²) in [5.74, 6) is -0.484. The molecular formula is C30H40N4O6S. The molecule has 0 spiro atoms. The Balaban J connectivity index is 1.34. The molecule has 3 N–H and O–H groups in total. The second-order valence-corrected chi connectivity index (χ2v) is 12.3. The molecule has 2 aliphatic heterocycles. The highest BCUT2D eigenvalue weighted by molar-refractivity contribution is 7.98. The number of hydrogen-bond acceptors (Lipinski definition) is 8. The average Bonchev–Trinajstić information content (AvgIpc) is 3.28. The van der Waals surface area contributed by atoms with Gasteiger partial charge in [-0.2, -0.15) is 0 Å². The average molecular weight is 585 g/mol. The molecule has 0 bridgehead atoms.